The van der Waals surface area contributed by atoms with Crippen LogP contribution in [0.25, 0.3) is 0 Å². The van der Waals surface area contributed by atoms with Crippen LogP contribution in [0, 0.1) is 5.92 Å². The number of rotatable bonds is 13. The lowest BCUT2D eigenvalue weighted by Gasteiger charge is -2.34. The van der Waals surface area contributed by atoms with Gasteiger partial charge in [-0.15, -0.1) is 0 Å². The van der Waals surface area contributed by atoms with Crippen molar-refractivity contribution in [2.75, 3.05) is 31.5 Å². The van der Waals surface area contributed by atoms with E-state index >= 15 is 0 Å². The highest BCUT2D eigenvalue weighted by Crippen LogP contribution is 2.21. The summed E-state index contributed by atoms with van der Waals surface area (Å²) in [5, 5.41) is 2.98. The molecule has 9 heteroatoms. The molecule has 2 amide bonds. The summed E-state index contributed by atoms with van der Waals surface area (Å²) < 4.78 is 28.8. The van der Waals surface area contributed by atoms with Crippen LogP contribution in [0.3, 0.4) is 0 Å². The second kappa shape index (κ2) is 13.9. The first-order valence-corrected chi connectivity index (χ1v) is 14.4. The van der Waals surface area contributed by atoms with Crippen LogP contribution in [-0.2, 0) is 32.8 Å². The lowest BCUT2D eigenvalue weighted by molar-refractivity contribution is -0.140. The van der Waals surface area contributed by atoms with Gasteiger partial charge in [-0.2, -0.15) is 12.7 Å². The van der Waals surface area contributed by atoms with Crippen molar-refractivity contribution in [3.63, 3.8) is 0 Å². The Bertz CT molecular complexity index is 1300. The minimum atomic E-state index is -4.00. The molecule has 0 aliphatic heterocycles. The van der Waals surface area contributed by atoms with Crippen molar-refractivity contribution in [3.8, 4) is 0 Å². The second-order valence-electron chi connectivity index (χ2n) is 9.98. The van der Waals surface area contributed by atoms with Gasteiger partial charge in [0, 0.05) is 33.6 Å². The maximum absolute atomic E-state index is 14.1. The quantitative estimate of drug-likeness (QED) is 0.351. The van der Waals surface area contributed by atoms with E-state index in [4.69, 9.17) is 0 Å². The van der Waals surface area contributed by atoms with E-state index in [1.165, 1.54) is 19.0 Å². The van der Waals surface area contributed by atoms with Crippen LogP contribution < -0.4 is 9.62 Å². The van der Waals surface area contributed by atoms with Crippen molar-refractivity contribution >= 4 is 27.7 Å². The van der Waals surface area contributed by atoms with Crippen molar-refractivity contribution in [3.05, 3.63) is 102 Å². The van der Waals surface area contributed by atoms with Gasteiger partial charge in [-0.25, -0.2) is 4.31 Å². The molecule has 0 unspecified atom stereocenters. The number of nitrogens with one attached hydrogen (secondary N) is 1. The van der Waals surface area contributed by atoms with E-state index in [2.05, 4.69) is 5.32 Å². The Morgan fingerprint density at radius 3 is 1.82 bits per heavy atom. The van der Waals surface area contributed by atoms with Crippen LogP contribution in [-0.4, -0.2) is 62.7 Å². The number of nitrogens with zero attached hydrogens (tertiary/aromatic N) is 3. The minimum Gasteiger partial charge on any atom is -0.354 e. The molecule has 3 aromatic rings. The molecule has 0 radical (unpaired) electrons. The van der Waals surface area contributed by atoms with E-state index in [1.807, 2.05) is 74.5 Å². The van der Waals surface area contributed by atoms with Crippen molar-refractivity contribution < 1.29 is 18.0 Å². The molecule has 0 fully saturated rings. The third-order valence-electron chi connectivity index (χ3n) is 6.21. The molecule has 0 saturated carbocycles. The highest BCUT2D eigenvalue weighted by Gasteiger charge is 2.34. The van der Waals surface area contributed by atoms with Gasteiger partial charge >= 0.3 is 10.2 Å². The van der Waals surface area contributed by atoms with Crippen molar-refractivity contribution in [2.24, 2.45) is 5.92 Å². The fourth-order valence-electron chi connectivity index (χ4n) is 4.07. The van der Waals surface area contributed by atoms with E-state index in [9.17, 15) is 18.0 Å². The number of para-hydroxylation sites is 1. The van der Waals surface area contributed by atoms with Gasteiger partial charge in [0.05, 0.1) is 5.69 Å². The van der Waals surface area contributed by atoms with Crippen LogP contribution >= 0.6 is 0 Å². The predicted molar refractivity (Wildman–Crippen MR) is 155 cm³/mol. The predicted octanol–water partition coefficient (Wildman–Crippen LogP) is 3.71. The first-order valence-electron chi connectivity index (χ1n) is 13.0. The molecule has 0 aliphatic carbocycles. The minimum absolute atomic E-state index is 0.150. The van der Waals surface area contributed by atoms with Gasteiger partial charge in [-0.05, 0) is 29.2 Å². The first kappa shape index (κ1) is 29.9. The third-order valence-corrected chi connectivity index (χ3v) is 8.03. The van der Waals surface area contributed by atoms with Crippen molar-refractivity contribution in [1.29, 1.82) is 0 Å². The lowest BCUT2D eigenvalue weighted by Crippen LogP contribution is -2.54. The summed E-state index contributed by atoms with van der Waals surface area (Å²) in [6.45, 7) is 4.16. The molecule has 8 nitrogen and oxygen atoms in total. The van der Waals surface area contributed by atoms with E-state index in [1.54, 1.807) is 30.3 Å². The van der Waals surface area contributed by atoms with Crippen molar-refractivity contribution in [1.82, 2.24) is 14.5 Å². The highest BCUT2D eigenvalue weighted by atomic mass is 32.2. The van der Waals surface area contributed by atoms with Crippen LogP contribution in [0.1, 0.15) is 25.0 Å². The molecule has 0 saturated heterocycles. The van der Waals surface area contributed by atoms with E-state index < -0.39 is 28.7 Å². The molecule has 0 bridgehead atoms. The number of carbonyl (C=O) groups excluding carboxylic acids is 2. The Hall–Kier alpha value is -3.69. The Kier molecular flexibility index (Phi) is 10.7. The largest absolute Gasteiger partial charge is 0.354 e. The molecule has 208 valence electrons. The monoisotopic (exact) mass is 550 g/mol. The molecule has 0 spiro atoms. The molecule has 0 heterocycles. The normalized spacial score (nSPS) is 12.3. The Morgan fingerprint density at radius 2 is 1.31 bits per heavy atom. The van der Waals surface area contributed by atoms with Gasteiger partial charge < -0.3 is 10.2 Å². The molecule has 39 heavy (non-hydrogen) atoms. The summed E-state index contributed by atoms with van der Waals surface area (Å²) >= 11 is 0. The molecule has 3 aromatic carbocycles. The summed E-state index contributed by atoms with van der Waals surface area (Å²) in [6, 6.07) is 26.6. The zero-order chi connectivity index (χ0) is 28.4. The maximum Gasteiger partial charge on any atom is 0.304 e. The number of amides is 2. The van der Waals surface area contributed by atoms with Gasteiger partial charge in [0.2, 0.25) is 11.8 Å². The molecule has 0 aromatic heterocycles. The highest BCUT2D eigenvalue weighted by molar-refractivity contribution is 7.90. The lowest BCUT2D eigenvalue weighted by atomic mass is 10.0. The summed E-state index contributed by atoms with van der Waals surface area (Å²) in [7, 11) is -1.15. The SMILES string of the molecule is CC(C)CNC(=O)[C@H](Cc1ccccc1)N(Cc1ccccc1)C(=O)CN(c1ccccc1)S(=O)(=O)N(C)C. The fourth-order valence-corrected chi connectivity index (χ4v) is 5.12. The van der Waals surface area contributed by atoms with E-state index in [0.717, 1.165) is 19.7 Å². The van der Waals surface area contributed by atoms with Crippen LogP contribution in [0.4, 0.5) is 5.69 Å². The van der Waals surface area contributed by atoms with Crippen molar-refractivity contribution in [2.45, 2.75) is 32.9 Å². The second-order valence-corrected chi connectivity index (χ2v) is 12.1. The van der Waals surface area contributed by atoms with Gasteiger partial charge in [0.15, 0.2) is 0 Å². The summed E-state index contributed by atoms with van der Waals surface area (Å²) in [5.74, 6) is -0.532. The van der Waals surface area contributed by atoms with Crippen LogP contribution in [0.2, 0.25) is 0 Å². The summed E-state index contributed by atoms with van der Waals surface area (Å²) in [6.07, 6.45) is 0.287. The Balaban J connectivity index is 2.04. The number of carbonyl (C=O) groups is 2. The third kappa shape index (κ3) is 8.40. The standard InChI is InChI=1S/C30H38N4O4S/c1-24(2)21-31-30(36)28(20-25-14-8-5-9-15-25)33(22-26-16-10-6-11-17-26)29(35)23-34(39(37,38)32(3)4)27-18-12-7-13-19-27/h5-19,24,28H,20-23H2,1-4H3,(H,31,36)/t28-/m0/s1. The van der Waals surface area contributed by atoms with Gasteiger partial charge in [0.1, 0.15) is 12.6 Å². The van der Waals surface area contributed by atoms with Crippen LogP contribution in [0.5, 0.6) is 0 Å². The average molecular weight is 551 g/mol. The van der Waals surface area contributed by atoms with E-state index in [0.29, 0.717) is 12.2 Å². The Morgan fingerprint density at radius 1 is 0.795 bits per heavy atom. The Labute approximate surface area is 232 Å². The smallest absolute Gasteiger partial charge is 0.304 e. The summed E-state index contributed by atoms with van der Waals surface area (Å²) in [4.78, 5) is 29.2. The van der Waals surface area contributed by atoms with E-state index in [-0.39, 0.29) is 24.8 Å². The summed E-state index contributed by atoms with van der Waals surface area (Å²) in [5.41, 5.74) is 2.10. The molecule has 0 aliphatic rings. The fraction of sp³-hybridized carbons (Fsp3) is 0.333. The zero-order valence-electron chi connectivity index (χ0n) is 23.0. The van der Waals surface area contributed by atoms with Gasteiger partial charge in [-0.3, -0.25) is 9.59 Å². The number of hydrogen-bond acceptors (Lipinski definition) is 4. The number of hydrogen-bond donors (Lipinski definition) is 1. The van der Waals surface area contributed by atoms with Crippen LogP contribution in [0.15, 0.2) is 91.0 Å². The zero-order valence-corrected chi connectivity index (χ0v) is 23.8. The molecule has 3 rings (SSSR count). The molecule has 1 N–H and O–H groups in total. The van der Waals surface area contributed by atoms with Gasteiger partial charge in [0.25, 0.3) is 0 Å². The van der Waals surface area contributed by atoms with Gasteiger partial charge in [-0.1, -0.05) is 92.7 Å². The molecular formula is C30H38N4O4S. The maximum atomic E-state index is 14.1. The topological polar surface area (TPSA) is 90.0 Å². The number of benzene rings is 3. The number of anilines is 1. The molecular weight excluding hydrogens is 512 g/mol. The molecule has 1 atom stereocenters. The first-order chi connectivity index (χ1) is 18.6. The average Bonchev–Trinajstić information content (AvgIpc) is 2.93.